The van der Waals surface area contributed by atoms with Crippen molar-refractivity contribution in [2.45, 2.75) is 12.8 Å². The molecule has 0 aromatic heterocycles. The number of hydrogen-bond acceptors (Lipinski definition) is 2. The molecule has 6 heteroatoms. The van der Waals surface area contributed by atoms with Crippen LogP contribution in [-0.4, -0.2) is 11.0 Å². The summed E-state index contributed by atoms with van der Waals surface area (Å²) in [4.78, 5) is 11.8. The highest BCUT2D eigenvalue weighted by Crippen LogP contribution is 2.16. The summed E-state index contributed by atoms with van der Waals surface area (Å²) in [6.07, 6.45) is 0.781. The average molecular weight is 337 g/mol. The van der Waals surface area contributed by atoms with Gasteiger partial charge in [-0.1, -0.05) is 35.9 Å². The van der Waals surface area contributed by atoms with Crippen LogP contribution in [0.1, 0.15) is 12.0 Å². The molecular formula is C16H14ClFN2OS. The highest BCUT2D eigenvalue weighted by Gasteiger charge is 2.07. The number of aryl methyl sites for hydroxylation is 1. The standard InChI is InChI=1S/C16H14ClFN2OS/c17-14-7-2-1-4-11(14)8-9-15(21)20-16(22)19-13-6-3-5-12(18)10-13/h1-7,10H,8-9H2,(H2,19,20,21,22). The molecule has 2 aromatic carbocycles. The van der Waals surface area contributed by atoms with Crippen molar-refractivity contribution in [1.82, 2.24) is 5.32 Å². The van der Waals surface area contributed by atoms with Crippen LogP contribution >= 0.6 is 23.8 Å². The fourth-order valence-corrected chi connectivity index (χ4v) is 2.33. The number of rotatable bonds is 4. The van der Waals surface area contributed by atoms with E-state index in [-0.39, 0.29) is 23.3 Å². The summed E-state index contributed by atoms with van der Waals surface area (Å²) in [5.41, 5.74) is 1.39. The fourth-order valence-electron chi connectivity index (χ4n) is 1.87. The normalized spacial score (nSPS) is 10.1. The van der Waals surface area contributed by atoms with Gasteiger partial charge < -0.3 is 10.6 Å². The van der Waals surface area contributed by atoms with Gasteiger partial charge in [-0.15, -0.1) is 0 Å². The van der Waals surface area contributed by atoms with Gasteiger partial charge in [0.1, 0.15) is 5.82 Å². The lowest BCUT2D eigenvalue weighted by Gasteiger charge is -2.10. The van der Waals surface area contributed by atoms with E-state index >= 15 is 0 Å². The van der Waals surface area contributed by atoms with Crippen LogP contribution in [0.5, 0.6) is 0 Å². The van der Waals surface area contributed by atoms with Crippen LogP contribution < -0.4 is 10.6 Å². The molecule has 0 aliphatic carbocycles. The number of carbonyl (C=O) groups excluding carboxylic acids is 1. The van der Waals surface area contributed by atoms with E-state index in [9.17, 15) is 9.18 Å². The summed E-state index contributed by atoms with van der Waals surface area (Å²) in [5.74, 6) is -0.605. The third-order valence-electron chi connectivity index (χ3n) is 2.91. The lowest BCUT2D eigenvalue weighted by Crippen LogP contribution is -2.34. The van der Waals surface area contributed by atoms with Gasteiger partial charge in [-0.2, -0.15) is 0 Å². The first kappa shape index (κ1) is 16.4. The first-order valence-corrected chi connectivity index (χ1v) is 7.43. The monoisotopic (exact) mass is 336 g/mol. The van der Waals surface area contributed by atoms with Gasteiger partial charge >= 0.3 is 0 Å². The lowest BCUT2D eigenvalue weighted by molar-refractivity contribution is -0.119. The molecule has 3 nitrogen and oxygen atoms in total. The molecular weight excluding hydrogens is 323 g/mol. The van der Waals surface area contributed by atoms with E-state index in [0.29, 0.717) is 17.1 Å². The molecule has 2 N–H and O–H groups in total. The van der Waals surface area contributed by atoms with Gasteiger partial charge in [0.2, 0.25) is 5.91 Å². The highest BCUT2D eigenvalue weighted by atomic mass is 35.5. The molecule has 22 heavy (non-hydrogen) atoms. The number of carbonyl (C=O) groups is 1. The zero-order valence-electron chi connectivity index (χ0n) is 11.6. The summed E-state index contributed by atoms with van der Waals surface area (Å²) in [6.45, 7) is 0. The molecule has 0 saturated heterocycles. The molecule has 0 fully saturated rings. The average Bonchev–Trinajstić information content (AvgIpc) is 2.46. The van der Waals surface area contributed by atoms with Crippen molar-refractivity contribution in [3.63, 3.8) is 0 Å². The maximum Gasteiger partial charge on any atom is 0.226 e. The quantitative estimate of drug-likeness (QED) is 0.831. The molecule has 1 amide bonds. The summed E-state index contributed by atoms with van der Waals surface area (Å²) < 4.78 is 13.0. The van der Waals surface area contributed by atoms with Crippen molar-refractivity contribution < 1.29 is 9.18 Å². The molecule has 0 atom stereocenters. The molecule has 0 bridgehead atoms. The number of nitrogens with one attached hydrogen (secondary N) is 2. The molecule has 2 rings (SSSR count). The van der Waals surface area contributed by atoms with Crippen molar-refractivity contribution in [3.8, 4) is 0 Å². The Morgan fingerprint density at radius 2 is 1.95 bits per heavy atom. The summed E-state index contributed by atoms with van der Waals surface area (Å²) in [7, 11) is 0. The van der Waals surface area contributed by atoms with Crippen molar-refractivity contribution in [3.05, 3.63) is 64.9 Å². The van der Waals surface area contributed by atoms with Gasteiger partial charge in [0.15, 0.2) is 5.11 Å². The molecule has 0 saturated carbocycles. The van der Waals surface area contributed by atoms with E-state index in [1.54, 1.807) is 18.2 Å². The Balaban J connectivity index is 1.82. The smallest absolute Gasteiger partial charge is 0.226 e. The first-order valence-electron chi connectivity index (χ1n) is 6.64. The van der Waals surface area contributed by atoms with Crippen molar-refractivity contribution in [2.24, 2.45) is 0 Å². The van der Waals surface area contributed by atoms with Crippen LogP contribution in [0.15, 0.2) is 48.5 Å². The van der Waals surface area contributed by atoms with Crippen molar-refractivity contribution in [1.29, 1.82) is 0 Å². The van der Waals surface area contributed by atoms with Gasteiger partial charge in [-0.3, -0.25) is 4.79 Å². The molecule has 0 spiro atoms. The molecule has 0 radical (unpaired) electrons. The largest absolute Gasteiger partial charge is 0.332 e. The molecule has 114 valence electrons. The van der Waals surface area contributed by atoms with Gasteiger partial charge in [0, 0.05) is 17.1 Å². The third kappa shape index (κ3) is 5.09. The van der Waals surface area contributed by atoms with E-state index in [4.69, 9.17) is 23.8 Å². The third-order valence-corrected chi connectivity index (χ3v) is 3.49. The number of anilines is 1. The maximum atomic E-state index is 13.0. The Kier molecular flexibility index (Phi) is 5.86. The number of amides is 1. The second kappa shape index (κ2) is 7.87. The van der Waals surface area contributed by atoms with Crippen LogP contribution in [0.3, 0.4) is 0 Å². The second-order valence-corrected chi connectivity index (χ2v) is 5.42. The number of thiocarbonyl (C=S) groups is 1. The van der Waals surface area contributed by atoms with Crippen LogP contribution in [0.25, 0.3) is 0 Å². The van der Waals surface area contributed by atoms with Crippen LogP contribution in [-0.2, 0) is 11.2 Å². The van der Waals surface area contributed by atoms with Crippen molar-refractivity contribution >= 4 is 40.5 Å². The Morgan fingerprint density at radius 3 is 2.68 bits per heavy atom. The van der Waals surface area contributed by atoms with Crippen LogP contribution in [0, 0.1) is 5.82 Å². The van der Waals surface area contributed by atoms with E-state index in [0.717, 1.165) is 5.56 Å². The minimum absolute atomic E-state index is 0.134. The SMILES string of the molecule is O=C(CCc1ccccc1Cl)NC(=S)Nc1cccc(F)c1. The summed E-state index contributed by atoms with van der Waals surface area (Å²) >= 11 is 11.1. The molecule has 0 heterocycles. The Labute approximate surface area is 138 Å². The minimum atomic E-state index is -0.377. The van der Waals surface area contributed by atoms with Gasteiger partial charge in [0.25, 0.3) is 0 Å². The predicted octanol–water partition coefficient (Wildman–Crippen LogP) is 3.92. The lowest BCUT2D eigenvalue weighted by atomic mass is 10.1. The zero-order chi connectivity index (χ0) is 15.9. The first-order chi connectivity index (χ1) is 10.5. The molecule has 0 aliphatic rings. The van der Waals surface area contributed by atoms with Crippen LogP contribution in [0.2, 0.25) is 5.02 Å². The molecule has 0 aliphatic heterocycles. The topological polar surface area (TPSA) is 41.1 Å². The minimum Gasteiger partial charge on any atom is -0.332 e. The van der Waals surface area contributed by atoms with Gasteiger partial charge in [-0.05, 0) is 48.5 Å². The fraction of sp³-hybridized carbons (Fsp3) is 0.125. The van der Waals surface area contributed by atoms with E-state index in [1.807, 2.05) is 18.2 Å². The Hall–Kier alpha value is -1.98. The van der Waals surface area contributed by atoms with Gasteiger partial charge in [-0.25, -0.2) is 4.39 Å². The number of benzene rings is 2. The van der Waals surface area contributed by atoms with E-state index in [2.05, 4.69) is 10.6 Å². The van der Waals surface area contributed by atoms with Crippen LogP contribution in [0.4, 0.5) is 10.1 Å². The maximum absolute atomic E-state index is 13.0. The van der Waals surface area contributed by atoms with Crippen molar-refractivity contribution in [2.75, 3.05) is 5.32 Å². The summed E-state index contributed by atoms with van der Waals surface area (Å²) in [6, 6.07) is 13.2. The Morgan fingerprint density at radius 1 is 1.18 bits per heavy atom. The summed E-state index contributed by atoms with van der Waals surface area (Å²) in [5, 5.41) is 6.08. The van der Waals surface area contributed by atoms with E-state index < -0.39 is 0 Å². The zero-order valence-corrected chi connectivity index (χ0v) is 13.2. The molecule has 2 aromatic rings. The molecule has 0 unspecified atom stereocenters. The number of hydrogen-bond donors (Lipinski definition) is 2. The van der Waals surface area contributed by atoms with E-state index in [1.165, 1.54) is 12.1 Å². The Bertz CT molecular complexity index is 693. The predicted molar refractivity (Wildman–Crippen MR) is 90.5 cm³/mol. The highest BCUT2D eigenvalue weighted by molar-refractivity contribution is 7.80. The number of halogens is 2. The second-order valence-electron chi connectivity index (χ2n) is 4.60. The van der Waals surface area contributed by atoms with Gasteiger partial charge in [0.05, 0.1) is 0 Å².